The number of sulfonamides is 1. The van der Waals surface area contributed by atoms with Crippen LogP contribution in [0.4, 0.5) is 10.1 Å². The molecule has 0 aliphatic rings. The van der Waals surface area contributed by atoms with Crippen molar-refractivity contribution in [2.45, 2.75) is 18.7 Å². The maximum atomic E-state index is 13.6. The highest BCUT2D eigenvalue weighted by atomic mass is 79.9. The fraction of sp³-hybridized carbons (Fsp3) is 0.182. The van der Waals surface area contributed by atoms with Gasteiger partial charge in [0.05, 0.1) is 17.1 Å². The van der Waals surface area contributed by atoms with Crippen LogP contribution in [0.25, 0.3) is 0 Å². The molecule has 0 aliphatic carbocycles. The van der Waals surface area contributed by atoms with Gasteiger partial charge in [-0.1, -0.05) is 15.9 Å². The SMILES string of the molecule is Cc1n[nH]c(C)c1S(=O)(=O)Nc1cc(Br)ccc1F. The minimum Gasteiger partial charge on any atom is -0.281 e. The molecule has 19 heavy (non-hydrogen) atoms. The first kappa shape index (κ1) is 14.0. The van der Waals surface area contributed by atoms with E-state index in [9.17, 15) is 12.8 Å². The Morgan fingerprint density at radius 1 is 1.37 bits per heavy atom. The largest absolute Gasteiger partial charge is 0.281 e. The Bertz CT molecular complexity index is 708. The fourth-order valence-corrected chi connectivity index (χ4v) is 3.50. The molecule has 1 aromatic carbocycles. The number of anilines is 1. The third-order valence-electron chi connectivity index (χ3n) is 2.50. The molecule has 0 fully saturated rings. The Balaban J connectivity index is 2.45. The second kappa shape index (κ2) is 4.93. The maximum Gasteiger partial charge on any atom is 0.265 e. The van der Waals surface area contributed by atoms with Crippen LogP contribution < -0.4 is 4.72 Å². The van der Waals surface area contributed by atoms with Crippen molar-refractivity contribution in [3.8, 4) is 0 Å². The van der Waals surface area contributed by atoms with Gasteiger partial charge in [-0.15, -0.1) is 0 Å². The van der Waals surface area contributed by atoms with Gasteiger partial charge < -0.3 is 0 Å². The highest BCUT2D eigenvalue weighted by Gasteiger charge is 2.23. The molecular weight excluding hydrogens is 337 g/mol. The average Bonchev–Trinajstić information content (AvgIpc) is 2.64. The van der Waals surface area contributed by atoms with E-state index in [0.717, 1.165) is 0 Å². The number of benzene rings is 1. The zero-order valence-electron chi connectivity index (χ0n) is 10.2. The van der Waals surface area contributed by atoms with Crippen LogP contribution >= 0.6 is 15.9 Å². The van der Waals surface area contributed by atoms with Crippen molar-refractivity contribution in [2.24, 2.45) is 0 Å². The molecule has 0 amide bonds. The molecule has 5 nitrogen and oxygen atoms in total. The topological polar surface area (TPSA) is 74.8 Å². The lowest BCUT2D eigenvalue weighted by Crippen LogP contribution is -2.15. The van der Waals surface area contributed by atoms with Crippen LogP contribution in [-0.4, -0.2) is 18.6 Å². The van der Waals surface area contributed by atoms with Gasteiger partial charge in [-0.25, -0.2) is 12.8 Å². The van der Waals surface area contributed by atoms with Crippen molar-refractivity contribution in [1.82, 2.24) is 10.2 Å². The van der Waals surface area contributed by atoms with E-state index in [1.54, 1.807) is 13.8 Å². The van der Waals surface area contributed by atoms with E-state index < -0.39 is 15.8 Å². The number of aromatic nitrogens is 2. The van der Waals surface area contributed by atoms with Crippen molar-refractivity contribution in [1.29, 1.82) is 0 Å². The highest BCUT2D eigenvalue weighted by Crippen LogP contribution is 2.25. The van der Waals surface area contributed by atoms with E-state index in [2.05, 4.69) is 30.8 Å². The Morgan fingerprint density at radius 2 is 2.05 bits per heavy atom. The summed E-state index contributed by atoms with van der Waals surface area (Å²) in [5.74, 6) is -0.648. The van der Waals surface area contributed by atoms with Gasteiger partial charge in [0.2, 0.25) is 0 Å². The predicted octanol–water partition coefficient (Wildman–Crippen LogP) is 2.73. The molecule has 0 spiro atoms. The summed E-state index contributed by atoms with van der Waals surface area (Å²) in [6, 6.07) is 4.02. The zero-order valence-corrected chi connectivity index (χ0v) is 12.6. The molecule has 8 heteroatoms. The molecule has 102 valence electrons. The summed E-state index contributed by atoms with van der Waals surface area (Å²) in [6.07, 6.45) is 0. The van der Waals surface area contributed by atoms with Crippen LogP contribution in [0.3, 0.4) is 0 Å². The standard InChI is InChI=1S/C11H11BrFN3O2S/c1-6-11(7(2)15-14-6)19(17,18)16-10-5-8(12)3-4-9(10)13/h3-5,16H,1-2H3,(H,14,15). The molecule has 0 unspecified atom stereocenters. The van der Waals surface area contributed by atoms with Crippen LogP contribution in [0.2, 0.25) is 0 Å². The first-order valence-electron chi connectivity index (χ1n) is 5.30. The normalized spacial score (nSPS) is 11.6. The van der Waals surface area contributed by atoms with Gasteiger partial charge in [-0.3, -0.25) is 9.82 Å². The van der Waals surface area contributed by atoms with Gasteiger partial charge in [0, 0.05) is 4.47 Å². The predicted molar refractivity (Wildman–Crippen MR) is 73.0 cm³/mol. The molecule has 0 aliphatic heterocycles. The van der Waals surface area contributed by atoms with Crippen molar-refractivity contribution >= 4 is 31.6 Å². The zero-order chi connectivity index (χ0) is 14.2. The molecule has 1 heterocycles. The van der Waals surface area contributed by atoms with Crippen molar-refractivity contribution in [3.63, 3.8) is 0 Å². The third-order valence-corrected chi connectivity index (χ3v) is 4.62. The minimum atomic E-state index is -3.88. The van der Waals surface area contributed by atoms with Gasteiger partial charge in [0.25, 0.3) is 10.0 Å². The molecule has 0 saturated heterocycles. The molecule has 0 bridgehead atoms. The Labute approximate surface area is 118 Å². The summed E-state index contributed by atoms with van der Waals surface area (Å²) < 4.78 is 40.8. The van der Waals surface area contributed by atoms with E-state index in [-0.39, 0.29) is 10.6 Å². The van der Waals surface area contributed by atoms with Gasteiger partial charge in [-0.05, 0) is 32.0 Å². The lowest BCUT2D eigenvalue weighted by molar-refractivity contribution is 0.597. The van der Waals surface area contributed by atoms with Crippen LogP contribution in [0.1, 0.15) is 11.4 Å². The molecule has 0 saturated carbocycles. The summed E-state index contributed by atoms with van der Waals surface area (Å²) in [5.41, 5.74) is 0.621. The molecule has 2 aromatic rings. The number of rotatable bonds is 3. The number of halogens is 2. The quantitative estimate of drug-likeness (QED) is 0.896. The van der Waals surface area contributed by atoms with Gasteiger partial charge in [0.1, 0.15) is 10.7 Å². The maximum absolute atomic E-state index is 13.6. The number of nitrogens with zero attached hydrogens (tertiary/aromatic N) is 1. The monoisotopic (exact) mass is 347 g/mol. The van der Waals surface area contributed by atoms with Crippen LogP contribution in [0.5, 0.6) is 0 Å². The second-order valence-corrected chi connectivity index (χ2v) is 6.53. The van der Waals surface area contributed by atoms with Crippen molar-refractivity contribution < 1.29 is 12.8 Å². The summed E-state index contributed by atoms with van der Waals surface area (Å²) in [6.45, 7) is 3.15. The van der Waals surface area contributed by atoms with Gasteiger partial charge in [0.15, 0.2) is 0 Å². The van der Waals surface area contributed by atoms with Crippen LogP contribution in [0.15, 0.2) is 27.6 Å². The third kappa shape index (κ3) is 2.79. The van der Waals surface area contributed by atoms with E-state index >= 15 is 0 Å². The number of H-pyrrole nitrogens is 1. The lowest BCUT2D eigenvalue weighted by atomic mass is 10.3. The number of aryl methyl sites for hydroxylation is 2. The number of nitrogens with one attached hydrogen (secondary N) is 2. The lowest BCUT2D eigenvalue weighted by Gasteiger charge is -2.09. The van der Waals surface area contributed by atoms with Crippen LogP contribution in [0, 0.1) is 19.7 Å². The molecular formula is C11H11BrFN3O2S. The Hall–Kier alpha value is -1.41. The Morgan fingerprint density at radius 3 is 2.63 bits per heavy atom. The molecule has 0 radical (unpaired) electrons. The molecule has 0 atom stereocenters. The first-order chi connectivity index (χ1) is 8.81. The summed E-state index contributed by atoms with van der Waals surface area (Å²) in [5, 5.41) is 6.40. The smallest absolute Gasteiger partial charge is 0.265 e. The van der Waals surface area contributed by atoms with Gasteiger partial charge in [-0.2, -0.15) is 5.10 Å². The minimum absolute atomic E-state index is 0.0341. The molecule has 2 N–H and O–H groups in total. The summed E-state index contributed by atoms with van der Waals surface area (Å²) in [7, 11) is -3.88. The Kier molecular flexibility index (Phi) is 3.64. The van der Waals surface area contributed by atoms with Crippen molar-refractivity contribution in [3.05, 3.63) is 39.9 Å². The van der Waals surface area contributed by atoms with Crippen LogP contribution in [-0.2, 0) is 10.0 Å². The molecule has 2 rings (SSSR count). The van der Waals surface area contributed by atoms with E-state index in [1.165, 1.54) is 18.2 Å². The first-order valence-corrected chi connectivity index (χ1v) is 7.58. The number of aromatic amines is 1. The summed E-state index contributed by atoms with van der Waals surface area (Å²) in [4.78, 5) is 0.0341. The number of hydrogen-bond acceptors (Lipinski definition) is 3. The van der Waals surface area contributed by atoms with Crippen molar-refractivity contribution in [2.75, 3.05) is 4.72 Å². The average molecular weight is 348 g/mol. The highest BCUT2D eigenvalue weighted by molar-refractivity contribution is 9.10. The van der Waals surface area contributed by atoms with E-state index in [1.807, 2.05) is 0 Å². The summed E-state index contributed by atoms with van der Waals surface area (Å²) >= 11 is 3.16. The molecule has 1 aromatic heterocycles. The second-order valence-electron chi connectivity index (χ2n) is 3.99. The van der Waals surface area contributed by atoms with E-state index in [0.29, 0.717) is 15.9 Å². The number of hydrogen-bond donors (Lipinski definition) is 2. The van der Waals surface area contributed by atoms with E-state index in [4.69, 9.17) is 0 Å². The fourth-order valence-electron chi connectivity index (χ4n) is 1.71. The van der Waals surface area contributed by atoms with Gasteiger partial charge >= 0.3 is 0 Å².